The molecule has 1 nitrogen and oxygen atoms in total. The normalized spacial score (nSPS) is 15.0. The number of hydrogen-bond acceptors (Lipinski definition) is 1. The first-order valence-corrected chi connectivity index (χ1v) is 11.3. The molecule has 0 N–H and O–H groups in total. The molecule has 32 heavy (non-hydrogen) atoms. The summed E-state index contributed by atoms with van der Waals surface area (Å²) in [6, 6.07) is 36.2. The zero-order valence-electron chi connectivity index (χ0n) is 17.5. The highest BCUT2D eigenvalue weighted by molar-refractivity contribution is 5.96. The Balaban J connectivity index is 1.56. The molecule has 1 spiro atoms. The summed E-state index contributed by atoms with van der Waals surface area (Å²) >= 11 is 0. The molecule has 1 heterocycles. The summed E-state index contributed by atoms with van der Waals surface area (Å²) in [5.74, 6) is 0. The van der Waals surface area contributed by atoms with Gasteiger partial charge in [0.1, 0.15) is 0 Å². The molecule has 0 atom stereocenters. The minimum Gasteiger partial charge on any atom is -0.260 e. The molecule has 1 heteroatoms. The molecular weight excluding hydrogens is 386 g/mol. The summed E-state index contributed by atoms with van der Waals surface area (Å²) in [7, 11) is 0. The van der Waals surface area contributed by atoms with Crippen LogP contribution in [-0.4, -0.2) is 4.98 Å². The summed E-state index contributed by atoms with van der Waals surface area (Å²) in [6.45, 7) is 0. The van der Waals surface area contributed by atoms with Gasteiger partial charge >= 0.3 is 0 Å². The van der Waals surface area contributed by atoms with Crippen molar-refractivity contribution < 1.29 is 0 Å². The van der Waals surface area contributed by atoms with Crippen LogP contribution in [0.5, 0.6) is 0 Å². The molecule has 0 fully saturated rings. The van der Waals surface area contributed by atoms with Gasteiger partial charge in [-0.1, -0.05) is 78.9 Å². The van der Waals surface area contributed by atoms with Crippen LogP contribution in [0.1, 0.15) is 33.5 Å². The number of rotatable bonds is 0. The van der Waals surface area contributed by atoms with Crippen LogP contribution in [0.25, 0.3) is 33.4 Å². The fourth-order valence-corrected chi connectivity index (χ4v) is 6.58. The van der Waals surface area contributed by atoms with Gasteiger partial charge in [0.25, 0.3) is 0 Å². The highest BCUT2D eigenvalue weighted by atomic mass is 14.7. The molecule has 0 bridgehead atoms. The topological polar surface area (TPSA) is 12.9 Å². The van der Waals surface area contributed by atoms with E-state index in [2.05, 4.69) is 102 Å². The van der Waals surface area contributed by atoms with Crippen molar-refractivity contribution in [2.45, 2.75) is 11.8 Å². The van der Waals surface area contributed by atoms with Crippen LogP contribution in [-0.2, 0) is 11.8 Å². The van der Waals surface area contributed by atoms with E-state index in [1.807, 2.05) is 6.20 Å². The summed E-state index contributed by atoms with van der Waals surface area (Å²) in [6.07, 6.45) is 2.83. The molecule has 0 radical (unpaired) electrons. The van der Waals surface area contributed by atoms with Gasteiger partial charge < -0.3 is 0 Å². The number of aromatic nitrogens is 1. The molecule has 148 valence electrons. The smallest absolute Gasteiger partial charge is 0.0725 e. The van der Waals surface area contributed by atoms with E-state index < -0.39 is 0 Å². The minimum absolute atomic E-state index is 0.265. The fraction of sp³-hybridized carbons (Fsp3) is 0.0645. The van der Waals surface area contributed by atoms with E-state index in [0.717, 1.165) is 6.42 Å². The van der Waals surface area contributed by atoms with Gasteiger partial charge in [0.2, 0.25) is 0 Å². The van der Waals surface area contributed by atoms with E-state index in [1.165, 1.54) is 66.9 Å². The number of hydrogen-bond donors (Lipinski definition) is 0. The van der Waals surface area contributed by atoms with E-state index in [1.54, 1.807) is 0 Å². The first-order chi connectivity index (χ1) is 15.9. The standard InChI is InChI=1S/C31H19N/c1-4-12-26-20(8-1)21-9-2-5-13-27(21)31(26)28-14-6-3-10-22(28)25-16-19-17-30-23(11-7-15-32-30)24(19)18-29(25)31/h1-16,18H,17H2. The third-order valence-corrected chi connectivity index (χ3v) is 7.76. The van der Waals surface area contributed by atoms with Crippen molar-refractivity contribution in [2.24, 2.45) is 0 Å². The van der Waals surface area contributed by atoms with E-state index in [0.29, 0.717) is 0 Å². The Morgan fingerprint density at radius 3 is 1.72 bits per heavy atom. The Bertz CT molecular complexity index is 1560. The SMILES string of the molecule is c1ccc2c(c1)-c1ccccc1C21c2ccccc2-c2cc3c(cc21)-c1cccnc1C3. The van der Waals surface area contributed by atoms with Gasteiger partial charge in [-0.25, -0.2) is 0 Å². The summed E-state index contributed by atoms with van der Waals surface area (Å²) in [4.78, 5) is 4.68. The molecule has 0 saturated heterocycles. The van der Waals surface area contributed by atoms with E-state index >= 15 is 0 Å². The molecular formula is C31H19N. The lowest BCUT2D eigenvalue weighted by Crippen LogP contribution is -2.25. The van der Waals surface area contributed by atoms with Crippen LogP contribution in [0.3, 0.4) is 0 Å². The molecule has 1 aromatic heterocycles. The van der Waals surface area contributed by atoms with Gasteiger partial charge in [0, 0.05) is 18.2 Å². The Morgan fingerprint density at radius 1 is 0.500 bits per heavy atom. The zero-order chi connectivity index (χ0) is 20.9. The maximum Gasteiger partial charge on any atom is 0.0725 e. The van der Waals surface area contributed by atoms with Crippen molar-refractivity contribution in [1.29, 1.82) is 0 Å². The van der Waals surface area contributed by atoms with E-state index in [-0.39, 0.29) is 5.41 Å². The van der Waals surface area contributed by atoms with Crippen LogP contribution >= 0.6 is 0 Å². The Hall–Kier alpha value is -3.97. The molecule has 8 rings (SSSR count). The predicted molar refractivity (Wildman–Crippen MR) is 129 cm³/mol. The molecule has 5 aromatic rings. The number of fused-ring (bicyclic) bond motifs is 13. The average molecular weight is 406 g/mol. The molecule has 0 unspecified atom stereocenters. The summed E-state index contributed by atoms with van der Waals surface area (Å²) < 4.78 is 0. The molecule has 0 amide bonds. The van der Waals surface area contributed by atoms with Crippen LogP contribution in [0.15, 0.2) is 103 Å². The van der Waals surface area contributed by atoms with Crippen molar-refractivity contribution >= 4 is 0 Å². The molecule has 0 aliphatic heterocycles. The Morgan fingerprint density at radius 2 is 1.06 bits per heavy atom. The second kappa shape index (κ2) is 5.63. The monoisotopic (exact) mass is 405 g/mol. The fourth-order valence-electron chi connectivity index (χ4n) is 6.58. The lowest BCUT2D eigenvalue weighted by atomic mass is 9.70. The maximum absolute atomic E-state index is 4.68. The first kappa shape index (κ1) is 16.7. The van der Waals surface area contributed by atoms with E-state index in [4.69, 9.17) is 0 Å². The Labute approximate surface area is 187 Å². The quantitative estimate of drug-likeness (QED) is 0.265. The number of pyridine rings is 1. The van der Waals surface area contributed by atoms with Gasteiger partial charge in [-0.05, 0) is 73.8 Å². The van der Waals surface area contributed by atoms with Gasteiger partial charge in [0.15, 0.2) is 0 Å². The van der Waals surface area contributed by atoms with Crippen molar-refractivity contribution in [3.63, 3.8) is 0 Å². The van der Waals surface area contributed by atoms with Crippen molar-refractivity contribution in [2.75, 3.05) is 0 Å². The van der Waals surface area contributed by atoms with Gasteiger partial charge in [0.05, 0.1) is 11.1 Å². The molecule has 0 saturated carbocycles. The van der Waals surface area contributed by atoms with Crippen LogP contribution in [0, 0.1) is 0 Å². The molecule has 4 aromatic carbocycles. The van der Waals surface area contributed by atoms with Gasteiger partial charge in [-0.15, -0.1) is 0 Å². The lowest BCUT2D eigenvalue weighted by Gasteiger charge is -2.30. The minimum atomic E-state index is -0.265. The second-order valence-corrected chi connectivity index (χ2v) is 9.12. The summed E-state index contributed by atoms with van der Waals surface area (Å²) in [5.41, 5.74) is 16.0. The highest BCUT2D eigenvalue weighted by Crippen LogP contribution is 2.63. The van der Waals surface area contributed by atoms with Gasteiger partial charge in [-0.3, -0.25) is 4.98 Å². The van der Waals surface area contributed by atoms with Crippen molar-refractivity contribution in [3.8, 4) is 33.4 Å². The van der Waals surface area contributed by atoms with E-state index in [9.17, 15) is 0 Å². The zero-order valence-corrected chi connectivity index (χ0v) is 17.5. The largest absolute Gasteiger partial charge is 0.260 e. The predicted octanol–water partition coefficient (Wildman–Crippen LogP) is 7.00. The highest BCUT2D eigenvalue weighted by Gasteiger charge is 2.51. The lowest BCUT2D eigenvalue weighted by molar-refractivity contribution is 0.794. The molecule has 3 aliphatic rings. The average Bonchev–Trinajstić information content (AvgIpc) is 3.46. The van der Waals surface area contributed by atoms with Crippen LogP contribution in [0.4, 0.5) is 0 Å². The number of nitrogens with zero attached hydrogens (tertiary/aromatic N) is 1. The third kappa shape index (κ3) is 1.77. The van der Waals surface area contributed by atoms with Crippen LogP contribution < -0.4 is 0 Å². The van der Waals surface area contributed by atoms with Crippen molar-refractivity contribution in [3.05, 3.63) is 137 Å². The Kier molecular flexibility index (Phi) is 2.94. The second-order valence-electron chi connectivity index (χ2n) is 9.12. The van der Waals surface area contributed by atoms with Crippen molar-refractivity contribution in [1.82, 2.24) is 4.98 Å². The maximum atomic E-state index is 4.68. The molecule has 3 aliphatic carbocycles. The van der Waals surface area contributed by atoms with Crippen LogP contribution in [0.2, 0.25) is 0 Å². The number of benzene rings is 4. The van der Waals surface area contributed by atoms with Gasteiger partial charge in [-0.2, -0.15) is 0 Å². The first-order valence-electron chi connectivity index (χ1n) is 11.3. The summed E-state index contributed by atoms with van der Waals surface area (Å²) in [5, 5.41) is 0. The third-order valence-electron chi connectivity index (χ3n) is 7.76.